The molecular weight excluding hydrogens is 211 g/mol. The van der Waals surface area contributed by atoms with Gasteiger partial charge in [0.15, 0.2) is 7.28 Å². The fourth-order valence-corrected chi connectivity index (χ4v) is 1.31. The van der Waals surface area contributed by atoms with Crippen LogP contribution in [-0.2, 0) is 0 Å². The molecule has 0 aliphatic heterocycles. The van der Waals surface area contributed by atoms with Gasteiger partial charge in [0.05, 0.1) is 0 Å². The SMILES string of the molecule is C=C/C(Bc1ccc(O)cc1)=C\C=C(\O)C=C. The Bertz CT molecular complexity index is 456. The number of benzene rings is 1. The van der Waals surface area contributed by atoms with Crippen molar-refractivity contribution in [3.63, 3.8) is 0 Å². The monoisotopic (exact) mass is 226 g/mol. The molecule has 0 atom stereocenters. The Labute approximate surface area is 102 Å². The van der Waals surface area contributed by atoms with Gasteiger partial charge in [-0.1, -0.05) is 48.4 Å². The molecule has 0 radical (unpaired) electrons. The number of allylic oxidation sites excluding steroid dienone is 5. The molecule has 0 amide bonds. The summed E-state index contributed by atoms with van der Waals surface area (Å²) in [4.78, 5) is 0. The zero-order valence-corrected chi connectivity index (χ0v) is 9.63. The fourth-order valence-electron chi connectivity index (χ4n) is 1.31. The largest absolute Gasteiger partial charge is 0.508 e. The van der Waals surface area contributed by atoms with Crippen LogP contribution in [0.4, 0.5) is 0 Å². The molecule has 1 aromatic rings. The van der Waals surface area contributed by atoms with Crippen molar-refractivity contribution in [2.24, 2.45) is 0 Å². The summed E-state index contributed by atoms with van der Waals surface area (Å²) in [5, 5.41) is 18.4. The third-order valence-electron chi connectivity index (χ3n) is 2.28. The van der Waals surface area contributed by atoms with Crippen LogP contribution in [0.5, 0.6) is 5.75 Å². The summed E-state index contributed by atoms with van der Waals surface area (Å²) in [6.45, 7) is 7.18. The highest BCUT2D eigenvalue weighted by Crippen LogP contribution is 2.04. The molecule has 3 heteroatoms. The van der Waals surface area contributed by atoms with Gasteiger partial charge < -0.3 is 10.2 Å². The van der Waals surface area contributed by atoms with E-state index in [4.69, 9.17) is 5.11 Å². The summed E-state index contributed by atoms with van der Waals surface area (Å²) in [6.07, 6.45) is 6.47. The van der Waals surface area contributed by atoms with Gasteiger partial charge in [-0.05, 0) is 24.3 Å². The van der Waals surface area contributed by atoms with E-state index in [0.29, 0.717) is 7.28 Å². The standard InChI is InChI=1S/C14H15BO2/c1-3-11(5-8-13(16)4-2)15-12-6-9-14(17)10-7-12/h3-10,15-17H,1-2H2/b11-5+,13-8+. The van der Waals surface area contributed by atoms with Crippen LogP contribution in [0.2, 0.25) is 0 Å². The van der Waals surface area contributed by atoms with Gasteiger partial charge in [0.1, 0.15) is 11.5 Å². The van der Waals surface area contributed by atoms with Crippen molar-refractivity contribution in [2.75, 3.05) is 0 Å². The van der Waals surface area contributed by atoms with Gasteiger partial charge in [-0.3, -0.25) is 0 Å². The molecule has 0 aliphatic carbocycles. The molecule has 0 unspecified atom stereocenters. The number of aliphatic hydroxyl groups is 1. The average Bonchev–Trinajstić information content (AvgIpc) is 2.36. The molecule has 0 bridgehead atoms. The van der Waals surface area contributed by atoms with E-state index in [9.17, 15) is 5.11 Å². The maximum absolute atomic E-state index is 9.24. The summed E-state index contributed by atoms with van der Waals surface area (Å²) < 4.78 is 0. The summed E-state index contributed by atoms with van der Waals surface area (Å²) in [6, 6.07) is 6.99. The minimum atomic E-state index is 0.120. The van der Waals surface area contributed by atoms with Gasteiger partial charge in [0.25, 0.3) is 0 Å². The summed E-state index contributed by atoms with van der Waals surface area (Å²) >= 11 is 0. The van der Waals surface area contributed by atoms with Gasteiger partial charge >= 0.3 is 0 Å². The lowest BCUT2D eigenvalue weighted by molar-refractivity contribution is 0.433. The van der Waals surface area contributed by atoms with Crippen molar-refractivity contribution in [2.45, 2.75) is 0 Å². The first-order valence-corrected chi connectivity index (χ1v) is 5.28. The number of hydrogen-bond donors (Lipinski definition) is 2. The molecule has 2 nitrogen and oxygen atoms in total. The van der Waals surface area contributed by atoms with E-state index in [1.807, 2.05) is 12.1 Å². The molecule has 0 aromatic heterocycles. The molecule has 0 fully saturated rings. The molecule has 2 N–H and O–H groups in total. The van der Waals surface area contributed by atoms with Crippen LogP contribution in [0.15, 0.2) is 73.0 Å². The molecular formula is C14H15BO2. The topological polar surface area (TPSA) is 40.5 Å². The molecule has 0 heterocycles. The van der Waals surface area contributed by atoms with Crippen LogP contribution in [-0.4, -0.2) is 17.5 Å². The second-order valence-electron chi connectivity index (χ2n) is 3.58. The number of hydrogen-bond acceptors (Lipinski definition) is 2. The van der Waals surface area contributed by atoms with Gasteiger partial charge in [0.2, 0.25) is 0 Å². The highest BCUT2D eigenvalue weighted by Gasteiger charge is 1.98. The van der Waals surface area contributed by atoms with E-state index in [1.54, 1.807) is 30.4 Å². The third-order valence-corrected chi connectivity index (χ3v) is 2.28. The zero-order chi connectivity index (χ0) is 12.7. The van der Waals surface area contributed by atoms with Crippen LogP contribution in [0.25, 0.3) is 0 Å². The number of phenolic OH excluding ortho intramolecular Hbond substituents is 1. The second-order valence-corrected chi connectivity index (χ2v) is 3.58. The average molecular weight is 226 g/mol. The van der Waals surface area contributed by atoms with Gasteiger partial charge in [-0.25, -0.2) is 0 Å². The smallest absolute Gasteiger partial charge is 0.192 e. The number of phenols is 1. The molecule has 0 aliphatic rings. The van der Waals surface area contributed by atoms with E-state index < -0.39 is 0 Å². The third kappa shape index (κ3) is 4.47. The van der Waals surface area contributed by atoms with Gasteiger partial charge in [0, 0.05) is 0 Å². The van der Waals surface area contributed by atoms with Crippen LogP contribution < -0.4 is 5.46 Å². The second kappa shape index (κ2) is 6.43. The van der Waals surface area contributed by atoms with Crippen LogP contribution in [0, 0.1) is 0 Å². The molecule has 0 saturated heterocycles. The van der Waals surface area contributed by atoms with Crippen LogP contribution in [0.1, 0.15) is 0 Å². The molecule has 1 aromatic carbocycles. The first-order chi connectivity index (χ1) is 8.15. The highest BCUT2D eigenvalue weighted by atomic mass is 16.3. The van der Waals surface area contributed by atoms with Crippen molar-refractivity contribution in [3.8, 4) is 5.75 Å². The summed E-state index contributed by atoms with van der Waals surface area (Å²) in [7, 11) is 0.699. The Kier molecular flexibility index (Phi) is 4.89. The normalized spacial score (nSPS) is 12.0. The minimum Gasteiger partial charge on any atom is -0.508 e. The lowest BCUT2D eigenvalue weighted by atomic mass is 9.63. The molecule has 17 heavy (non-hydrogen) atoms. The maximum Gasteiger partial charge on any atom is 0.192 e. The first kappa shape index (κ1) is 12.9. The summed E-state index contributed by atoms with van der Waals surface area (Å²) in [5.41, 5.74) is 2.05. The minimum absolute atomic E-state index is 0.120. The van der Waals surface area contributed by atoms with Gasteiger partial charge in [-0.15, -0.1) is 0 Å². The fraction of sp³-hybridized carbons (Fsp3) is 0. The molecule has 86 valence electrons. The quantitative estimate of drug-likeness (QED) is 0.458. The Hall–Kier alpha value is -2.16. The predicted molar refractivity (Wildman–Crippen MR) is 74.1 cm³/mol. The van der Waals surface area contributed by atoms with Crippen molar-refractivity contribution in [1.29, 1.82) is 0 Å². The maximum atomic E-state index is 9.24. The number of rotatable bonds is 5. The predicted octanol–water partition coefficient (Wildman–Crippen LogP) is 2.15. The van der Waals surface area contributed by atoms with E-state index in [-0.39, 0.29) is 11.5 Å². The van der Waals surface area contributed by atoms with E-state index in [2.05, 4.69) is 13.2 Å². The molecule has 0 spiro atoms. The molecule has 0 saturated carbocycles. The Morgan fingerprint density at radius 2 is 1.71 bits per heavy atom. The van der Waals surface area contributed by atoms with Crippen LogP contribution >= 0.6 is 0 Å². The van der Waals surface area contributed by atoms with Gasteiger partial charge in [-0.2, -0.15) is 0 Å². The van der Waals surface area contributed by atoms with E-state index in [1.165, 1.54) is 6.08 Å². The van der Waals surface area contributed by atoms with Crippen molar-refractivity contribution in [3.05, 3.63) is 73.0 Å². The van der Waals surface area contributed by atoms with Crippen LogP contribution in [0.3, 0.4) is 0 Å². The Balaban J connectivity index is 2.80. The summed E-state index contributed by atoms with van der Waals surface area (Å²) in [5.74, 6) is 0.372. The Morgan fingerprint density at radius 3 is 2.24 bits per heavy atom. The molecule has 1 rings (SSSR count). The Morgan fingerprint density at radius 1 is 1.06 bits per heavy atom. The van der Waals surface area contributed by atoms with E-state index >= 15 is 0 Å². The van der Waals surface area contributed by atoms with E-state index in [0.717, 1.165) is 10.9 Å². The lowest BCUT2D eigenvalue weighted by Gasteiger charge is -2.00. The highest BCUT2D eigenvalue weighted by molar-refractivity contribution is 6.61. The lowest BCUT2D eigenvalue weighted by Crippen LogP contribution is -2.14. The zero-order valence-electron chi connectivity index (χ0n) is 9.63. The van der Waals surface area contributed by atoms with Crippen molar-refractivity contribution in [1.82, 2.24) is 0 Å². The number of aromatic hydroxyl groups is 1. The number of aliphatic hydroxyl groups excluding tert-OH is 1. The van der Waals surface area contributed by atoms with Crippen molar-refractivity contribution >= 4 is 12.7 Å². The first-order valence-electron chi connectivity index (χ1n) is 5.28. The van der Waals surface area contributed by atoms with Crippen molar-refractivity contribution < 1.29 is 10.2 Å².